The smallest absolute Gasteiger partial charge is 0.0624 e. The van der Waals surface area contributed by atoms with Crippen LogP contribution in [-0.4, -0.2) is 11.7 Å². The molecule has 18 heavy (non-hydrogen) atoms. The lowest BCUT2D eigenvalue weighted by Crippen LogP contribution is -2.20. The monoisotopic (exact) mass is 247 g/mol. The molecule has 1 aliphatic rings. The molecule has 2 rings (SSSR count). The largest absolute Gasteiger partial charge is 0.394 e. The van der Waals surface area contributed by atoms with Gasteiger partial charge in [0.2, 0.25) is 0 Å². The van der Waals surface area contributed by atoms with Crippen LogP contribution in [0.1, 0.15) is 62.6 Å². The second kappa shape index (κ2) is 5.41. The predicted octanol–water partition coefficient (Wildman–Crippen LogP) is 3.36. The van der Waals surface area contributed by atoms with Crippen molar-refractivity contribution in [3.63, 3.8) is 0 Å². The molecule has 1 aromatic rings. The van der Waals surface area contributed by atoms with Crippen molar-refractivity contribution in [2.24, 2.45) is 11.1 Å². The summed E-state index contributed by atoms with van der Waals surface area (Å²) in [4.78, 5) is 0. The quantitative estimate of drug-likeness (QED) is 0.860. The standard InChI is InChI=1S/C16H25NO/c1-16(2)9-7-13(8-10-16)12-3-5-14(6-4-12)15(17)11-18/h3-6,13,15,18H,7-11,17H2,1-2H3. The molecule has 1 aromatic carbocycles. The van der Waals surface area contributed by atoms with Crippen LogP contribution in [0.15, 0.2) is 24.3 Å². The summed E-state index contributed by atoms with van der Waals surface area (Å²) in [6.07, 6.45) is 5.21. The first kappa shape index (κ1) is 13.6. The molecule has 0 spiro atoms. The lowest BCUT2D eigenvalue weighted by Gasteiger charge is -2.34. The Labute approximate surface area is 110 Å². The van der Waals surface area contributed by atoms with E-state index in [-0.39, 0.29) is 12.6 Å². The number of aliphatic hydroxyl groups excluding tert-OH is 1. The van der Waals surface area contributed by atoms with Crippen LogP contribution in [0.5, 0.6) is 0 Å². The maximum absolute atomic E-state index is 9.04. The Morgan fingerprint density at radius 3 is 2.28 bits per heavy atom. The fourth-order valence-corrected chi connectivity index (χ4v) is 2.85. The molecule has 3 N–H and O–H groups in total. The summed E-state index contributed by atoms with van der Waals surface area (Å²) < 4.78 is 0. The van der Waals surface area contributed by atoms with Crippen molar-refractivity contribution in [3.8, 4) is 0 Å². The van der Waals surface area contributed by atoms with Gasteiger partial charge in [-0.15, -0.1) is 0 Å². The molecule has 1 saturated carbocycles. The second-order valence-corrected chi connectivity index (χ2v) is 6.39. The topological polar surface area (TPSA) is 46.2 Å². The molecule has 2 nitrogen and oxygen atoms in total. The highest BCUT2D eigenvalue weighted by Crippen LogP contribution is 2.42. The highest BCUT2D eigenvalue weighted by atomic mass is 16.3. The molecule has 0 aromatic heterocycles. The third kappa shape index (κ3) is 3.12. The van der Waals surface area contributed by atoms with E-state index in [1.54, 1.807) is 0 Å². The van der Waals surface area contributed by atoms with E-state index in [0.717, 1.165) is 5.56 Å². The third-order valence-corrected chi connectivity index (χ3v) is 4.37. The maximum Gasteiger partial charge on any atom is 0.0624 e. The van der Waals surface area contributed by atoms with Crippen molar-refractivity contribution < 1.29 is 5.11 Å². The Hall–Kier alpha value is -0.860. The van der Waals surface area contributed by atoms with Crippen molar-refractivity contribution in [1.29, 1.82) is 0 Å². The van der Waals surface area contributed by atoms with Gasteiger partial charge in [-0.05, 0) is 48.1 Å². The SMILES string of the molecule is CC1(C)CCC(c2ccc(C(N)CO)cc2)CC1. The summed E-state index contributed by atoms with van der Waals surface area (Å²) in [5, 5.41) is 9.04. The van der Waals surface area contributed by atoms with Gasteiger partial charge < -0.3 is 10.8 Å². The average Bonchev–Trinajstić information content (AvgIpc) is 2.38. The van der Waals surface area contributed by atoms with Crippen LogP contribution in [0.4, 0.5) is 0 Å². The van der Waals surface area contributed by atoms with Gasteiger partial charge in [-0.25, -0.2) is 0 Å². The molecular formula is C16H25NO. The molecule has 2 heteroatoms. The van der Waals surface area contributed by atoms with Crippen molar-refractivity contribution in [1.82, 2.24) is 0 Å². The normalized spacial score (nSPS) is 21.8. The minimum atomic E-state index is -0.246. The van der Waals surface area contributed by atoms with E-state index in [1.807, 2.05) is 0 Å². The van der Waals surface area contributed by atoms with E-state index in [0.29, 0.717) is 11.3 Å². The molecule has 100 valence electrons. The van der Waals surface area contributed by atoms with Gasteiger partial charge in [0.05, 0.1) is 12.6 Å². The first-order chi connectivity index (χ1) is 8.52. The van der Waals surface area contributed by atoms with Gasteiger partial charge in [0.25, 0.3) is 0 Å². The molecule has 0 amide bonds. The van der Waals surface area contributed by atoms with E-state index >= 15 is 0 Å². The number of hydrogen-bond donors (Lipinski definition) is 2. The Kier molecular flexibility index (Phi) is 4.08. The van der Waals surface area contributed by atoms with Crippen molar-refractivity contribution in [2.45, 2.75) is 51.5 Å². The van der Waals surface area contributed by atoms with Gasteiger partial charge in [0.15, 0.2) is 0 Å². The number of rotatable bonds is 3. The number of hydrogen-bond acceptors (Lipinski definition) is 2. The third-order valence-electron chi connectivity index (χ3n) is 4.37. The second-order valence-electron chi connectivity index (χ2n) is 6.39. The number of nitrogens with two attached hydrogens (primary N) is 1. The maximum atomic E-state index is 9.04. The summed E-state index contributed by atoms with van der Waals surface area (Å²) in [6.45, 7) is 4.75. The van der Waals surface area contributed by atoms with Crippen LogP contribution in [0.3, 0.4) is 0 Å². The van der Waals surface area contributed by atoms with Crippen LogP contribution in [0.2, 0.25) is 0 Å². The van der Waals surface area contributed by atoms with Crippen LogP contribution in [0, 0.1) is 5.41 Å². The molecule has 0 radical (unpaired) electrons. The Balaban J connectivity index is 2.02. The molecule has 1 unspecified atom stereocenters. The van der Waals surface area contributed by atoms with Gasteiger partial charge in [-0.2, -0.15) is 0 Å². The van der Waals surface area contributed by atoms with Crippen LogP contribution in [0.25, 0.3) is 0 Å². The van der Waals surface area contributed by atoms with Gasteiger partial charge in [0, 0.05) is 0 Å². The summed E-state index contributed by atoms with van der Waals surface area (Å²) in [5.74, 6) is 0.706. The van der Waals surface area contributed by atoms with Gasteiger partial charge in [-0.3, -0.25) is 0 Å². The molecule has 0 aliphatic heterocycles. The zero-order valence-electron chi connectivity index (χ0n) is 11.5. The van der Waals surface area contributed by atoms with Gasteiger partial charge in [0.1, 0.15) is 0 Å². The van der Waals surface area contributed by atoms with Crippen molar-refractivity contribution in [3.05, 3.63) is 35.4 Å². The van der Waals surface area contributed by atoms with Crippen LogP contribution < -0.4 is 5.73 Å². The van der Waals surface area contributed by atoms with Crippen LogP contribution in [-0.2, 0) is 0 Å². The minimum Gasteiger partial charge on any atom is -0.394 e. The fourth-order valence-electron chi connectivity index (χ4n) is 2.85. The molecule has 0 saturated heterocycles. The van der Waals surface area contributed by atoms with E-state index in [1.165, 1.54) is 31.2 Å². The Morgan fingerprint density at radius 1 is 1.22 bits per heavy atom. The van der Waals surface area contributed by atoms with E-state index < -0.39 is 0 Å². The first-order valence-electron chi connectivity index (χ1n) is 6.98. The Morgan fingerprint density at radius 2 is 1.78 bits per heavy atom. The van der Waals surface area contributed by atoms with Crippen molar-refractivity contribution in [2.75, 3.05) is 6.61 Å². The molecule has 0 bridgehead atoms. The predicted molar refractivity (Wildman–Crippen MR) is 75.4 cm³/mol. The van der Waals surface area contributed by atoms with Crippen LogP contribution >= 0.6 is 0 Å². The number of aliphatic hydroxyl groups is 1. The first-order valence-corrected chi connectivity index (χ1v) is 6.98. The highest BCUT2D eigenvalue weighted by Gasteiger charge is 2.27. The highest BCUT2D eigenvalue weighted by molar-refractivity contribution is 5.27. The van der Waals surface area contributed by atoms with Crippen molar-refractivity contribution >= 4 is 0 Å². The molecule has 1 aliphatic carbocycles. The summed E-state index contributed by atoms with van der Waals surface area (Å²) >= 11 is 0. The zero-order chi connectivity index (χ0) is 13.2. The average molecular weight is 247 g/mol. The number of benzene rings is 1. The summed E-state index contributed by atoms with van der Waals surface area (Å²) in [7, 11) is 0. The molecule has 1 fully saturated rings. The molecular weight excluding hydrogens is 222 g/mol. The summed E-state index contributed by atoms with van der Waals surface area (Å²) in [5.41, 5.74) is 8.79. The summed E-state index contributed by atoms with van der Waals surface area (Å²) in [6, 6.07) is 8.26. The Bertz CT molecular complexity index is 373. The molecule has 1 atom stereocenters. The fraction of sp³-hybridized carbons (Fsp3) is 0.625. The molecule has 0 heterocycles. The van der Waals surface area contributed by atoms with E-state index in [2.05, 4.69) is 38.1 Å². The van der Waals surface area contributed by atoms with Gasteiger partial charge >= 0.3 is 0 Å². The zero-order valence-corrected chi connectivity index (χ0v) is 11.5. The minimum absolute atomic E-state index is 0.0109. The lowest BCUT2D eigenvalue weighted by molar-refractivity contribution is 0.224. The van der Waals surface area contributed by atoms with Gasteiger partial charge in [-0.1, -0.05) is 38.1 Å². The van der Waals surface area contributed by atoms with E-state index in [9.17, 15) is 0 Å². The lowest BCUT2D eigenvalue weighted by atomic mass is 9.71. The van der Waals surface area contributed by atoms with E-state index in [4.69, 9.17) is 10.8 Å².